The third-order valence-electron chi connectivity index (χ3n) is 1.24. The molecule has 0 unspecified atom stereocenters. The zero-order chi connectivity index (χ0) is 10.4. The van der Waals surface area contributed by atoms with Gasteiger partial charge in [-0.2, -0.15) is 18.5 Å². The summed E-state index contributed by atoms with van der Waals surface area (Å²) in [6.45, 7) is -0.176. The highest BCUT2D eigenvalue weighted by atomic mass is 31.2. The second kappa shape index (κ2) is 3.32. The van der Waals surface area contributed by atoms with E-state index in [1.54, 1.807) is 0 Å². The number of nitrogens with zero attached hydrogens (tertiary/aromatic N) is 2. The van der Waals surface area contributed by atoms with Crippen molar-refractivity contribution in [3.8, 4) is 0 Å². The summed E-state index contributed by atoms with van der Waals surface area (Å²) in [7, 11) is -8.79. The van der Waals surface area contributed by atoms with E-state index in [0.29, 0.717) is 10.5 Å². The first-order valence-corrected chi connectivity index (χ1v) is 6.35. The van der Waals surface area contributed by atoms with E-state index in [2.05, 4.69) is 18.5 Å². The van der Waals surface area contributed by atoms with Gasteiger partial charge in [-0.3, -0.25) is 0 Å². The smallest absolute Gasteiger partial charge is 0.300 e. The maximum Gasteiger partial charge on any atom is 0.509 e. The predicted octanol–water partition coefficient (Wildman–Crippen LogP) is -0.455. The summed E-state index contributed by atoms with van der Waals surface area (Å²) >= 11 is 0. The molecule has 0 aromatic rings. The summed E-state index contributed by atoms with van der Waals surface area (Å²) in [5.41, 5.74) is 0. The molecule has 2 aliphatic heterocycles. The van der Waals surface area contributed by atoms with E-state index in [1.165, 1.54) is 0 Å². The molecule has 2 aliphatic rings. The van der Waals surface area contributed by atoms with Gasteiger partial charge < -0.3 is 9.79 Å². The van der Waals surface area contributed by atoms with Crippen molar-refractivity contribution in [3.63, 3.8) is 0 Å². The lowest BCUT2D eigenvalue weighted by Crippen LogP contribution is -2.22. The summed E-state index contributed by atoms with van der Waals surface area (Å²) < 4.78 is 39.0. The zero-order valence-corrected chi connectivity index (χ0v) is 8.34. The summed E-state index contributed by atoms with van der Waals surface area (Å²) in [5, 5.41) is 0.767. The highest BCUT2D eigenvalue weighted by Crippen LogP contribution is 2.56. The normalized spacial score (nSPS) is 53.9. The molecule has 0 saturated carbocycles. The molecule has 0 atom stereocenters. The Morgan fingerprint density at radius 3 is 1.43 bits per heavy atom. The van der Waals surface area contributed by atoms with Crippen LogP contribution in [0, 0.1) is 0 Å². The monoisotopic (exact) mass is 248 g/mol. The minimum atomic E-state index is -4.39. The van der Waals surface area contributed by atoms with Crippen LogP contribution in [-0.2, 0) is 27.6 Å². The highest BCUT2D eigenvalue weighted by Gasteiger charge is 2.44. The zero-order valence-electron chi connectivity index (χ0n) is 6.55. The van der Waals surface area contributed by atoms with Crippen molar-refractivity contribution >= 4 is 15.6 Å². The van der Waals surface area contributed by atoms with Crippen LogP contribution < -0.4 is 0 Å². The average molecular weight is 248 g/mol. The quantitative estimate of drug-likeness (QED) is 0.545. The first kappa shape index (κ1) is 10.7. The Kier molecular flexibility index (Phi) is 2.53. The van der Waals surface area contributed by atoms with Gasteiger partial charge in [0.1, 0.15) is 0 Å². The topological polar surface area (TPSA) is 118 Å². The van der Waals surface area contributed by atoms with Gasteiger partial charge in [-0.05, 0) is 10.5 Å². The fourth-order valence-electron chi connectivity index (χ4n) is 0.847. The SMILES string of the molecule is O=P1(O)ON2CCN(O1)OP(=O)(O)O2. The number of fused-ring (bicyclic) bond motifs is 3. The Morgan fingerprint density at radius 1 is 0.857 bits per heavy atom. The van der Waals surface area contributed by atoms with E-state index in [4.69, 9.17) is 9.79 Å². The molecular formula is C2H6N2O8P2. The van der Waals surface area contributed by atoms with Crippen LogP contribution in [0.2, 0.25) is 0 Å². The Balaban J connectivity index is 2.27. The van der Waals surface area contributed by atoms with Crippen LogP contribution in [0.3, 0.4) is 0 Å². The molecule has 2 rings (SSSR count). The molecule has 0 amide bonds. The third-order valence-corrected chi connectivity index (χ3v) is 2.80. The minimum absolute atomic E-state index is 0.0882. The van der Waals surface area contributed by atoms with Gasteiger partial charge in [-0.15, -0.1) is 0 Å². The molecule has 0 aliphatic carbocycles. The van der Waals surface area contributed by atoms with Gasteiger partial charge in [0.15, 0.2) is 0 Å². The average Bonchev–Trinajstić information content (AvgIpc) is 2.12. The van der Waals surface area contributed by atoms with E-state index < -0.39 is 15.6 Å². The molecule has 12 heteroatoms. The van der Waals surface area contributed by atoms with Crippen molar-refractivity contribution in [2.75, 3.05) is 13.1 Å². The Labute approximate surface area is 77.6 Å². The first-order valence-electron chi connectivity index (χ1n) is 3.36. The number of hydrogen-bond acceptors (Lipinski definition) is 8. The summed E-state index contributed by atoms with van der Waals surface area (Å²) in [5.74, 6) is 0. The van der Waals surface area contributed by atoms with Crippen molar-refractivity contribution < 1.29 is 37.4 Å². The summed E-state index contributed by atoms with van der Waals surface area (Å²) in [4.78, 5) is 17.9. The van der Waals surface area contributed by atoms with Crippen molar-refractivity contribution in [2.45, 2.75) is 0 Å². The van der Waals surface area contributed by atoms with Gasteiger partial charge in [-0.1, -0.05) is 0 Å². The molecular weight excluding hydrogens is 242 g/mol. The van der Waals surface area contributed by atoms with Crippen LogP contribution in [0.15, 0.2) is 0 Å². The number of phosphoric acid groups is 2. The van der Waals surface area contributed by atoms with Crippen LogP contribution in [-0.4, -0.2) is 33.3 Å². The minimum Gasteiger partial charge on any atom is -0.300 e. The lowest BCUT2D eigenvalue weighted by molar-refractivity contribution is -0.307. The molecule has 0 aromatic carbocycles. The van der Waals surface area contributed by atoms with Crippen LogP contribution in [0.5, 0.6) is 0 Å². The highest BCUT2D eigenvalue weighted by molar-refractivity contribution is 7.48. The Bertz CT molecular complexity index is 279. The fraction of sp³-hybridized carbons (Fsp3) is 1.00. The van der Waals surface area contributed by atoms with E-state index in [-0.39, 0.29) is 13.1 Å². The first-order chi connectivity index (χ1) is 6.36. The molecule has 2 N–H and O–H groups in total. The van der Waals surface area contributed by atoms with Gasteiger partial charge >= 0.3 is 15.6 Å². The molecule has 2 saturated heterocycles. The lowest BCUT2D eigenvalue weighted by Gasteiger charge is -2.23. The second-order valence-corrected chi connectivity index (χ2v) is 4.90. The van der Waals surface area contributed by atoms with Gasteiger partial charge in [0.05, 0.1) is 13.1 Å². The number of hydroxylamine groups is 4. The standard InChI is InChI=1S/C2H6N2O8P2/c5-13(6)9-3-1-2-4(11-13)12-14(7,8)10-3/h1-2H2,(H,5,6)(H,7,8). The van der Waals surface area contributed by atoms with Crippen molar-refractivity contribution in [2.24, 2.45) is 0 Å². The van der Waals surface area contributed by atoms with Crippen LogP contribution in [0.25, 0.3) is 0 Å². The van der Waals surface area contributed by atoms with Crippen molar-refractivity contribution in [3.05, 3.63) is 0 Å². The van der Waals surface area contributed by atoms with E-state index in [0.717, 1.165) is 0 Å². The van der Waals surface area contributed by atoms with Gasteiger partial charge in [0, 0.05) is 0 Å². The van der Waals surface area contributed by atoms with Gasteiger partial charge in [0.25, 0.3) is 0 Å². The fourth-order valence-corrected chi connectivity index (χ4v) is 2.39. The molecule has 0 aromatic heterocycles. The number of hydrogen-bond donors (Lipinski definition) is 2. The summed E-state index contributed by atoms with van der Waals surface area (Å²) in [6, 6.07) is 0. The molecule has 14 heavy (non-hydrogen) atoms. The molecule has 0 spiro atoms. The molecule has 10 nitrogen and oxygen atoms in total. The lowest BCUT2D eigenvalue weighted by atomic mass is 10.7. The maximum absolute atomic E-state index is 11.0. The van der Waals surface area contributed by atoms with E-state index in [9.17, 15) is 9.13 Å². The van der Waals surface area contributed by atoms with Crippen LogP contribution in [0.1, 0.15) is 0 Å². The Hall–Kier alpha value is 0.140. The summed E-state index contributed by atoms with van der Waals surface area (Å²) in [6.07, 6.45) is 0. The van der Waals surface area contributed by atoms with E-state index in [1.807, 2.05) is 0 Å². The largest absolute Gasteiger partial charge is 0.509 e. The third kappa shape index (κ3) is 2.38. The number of rotatable bonds is 0. The van der Waals surface area contributed by atoms with Crippen LogP contribution in [0.4, 0.5) is 0 Å². The van der Waals surface area contributed by atoms with Gasteiger partial charge in [-0.25, -0.2) is 9.13 Å². The molecule has 2 bridgehead atoms. The predicted molar refractivity (Wildman–Crippen MR) is 37.4 cm³/mol. The molecule has 82 valence electrons. The molecule has 2 fully saturated rings. The van der Waals surface area contributed by atoms with Crippen molar-refractivity contribution in [1.82, 2.24) is 10.5 Å². The van der Waals surface area contributed by atoms with Crippen LogP contribution >= 0.6 is 15.6 Å². The van der Waals surface area contributed by atoms with Crippen molar-refractivity contribution in [1.29, 1.82) is 0 Å². The Morgan fingerprint density at radius 2 is 1.14 bits per heavy atom. The molecule has 0 radical (unpaired) electrons. The maximum atomic E-state index is 11.0. The van der Waals surface area contributed by atoms with Gasteiger partial charge in [0.2, 0.25) is 0 Å². The molecule has 2 heterocycles. The second-order valence-electron chi connectivity index (χ2n) is 2.38. The van der Waals surface area contributed by atoms with E-state index >= 15 is 0 Å².